The van der Waals surface area contributed by atoms with Gasteiger partial charge in [0.05, 0.1) is 0 Å². The molecule has 0 spiro atoms. The van der Waals surface area contributed by atoms with Crippen molar-refractivity contribution in [2.24, 2.45) is 0 Å². The van der Waals surface area contributed by atoms with E-state index in [1.54, 1.807) is 30.2 Å². The standard InChI is InChI=1S/C10H8ClN5O/c1-3-7(2)17-10-14-8(11)13-9(15-10)16-5-4-12-6-16/h1,4-7H,2H3. The van der Waals surface area contributed by atoms with Crippen molar-refractivity contribution in [3.8, 4) is 24.3 Å². The van der Waals surface area contributed by atoms with Gasteiger partial charge in [0.15, 0.2) is 6.10 Å². The van der Waals surface area contributed by atoms with E-state index in [9.17, 15) is 0 Å². The Bertz CT molecular complexity index is 548. The highest BCUT2D eigenvalue weighted by Crippen LogP contribution is 2.12. The zero-order chi connectivity index (χ0) is 12.3. The number of ether oxygens (including phenoxy) is 1. The summed E-state index contributed by atoms with van der Waals surface area (Å²) in [5.41, 5.74) is 0. The first-order valence-corrected chi connectivity index (χ1v) is 5.09. The van der Waals surface area contributed by atoms with Crippen LogP contribution in [0.25, 0.3) is 5.95 Å². The van der Waals surface area contributed by atoms with E-state index in [1.807, 2.05) is 0 Å². The molecule has 0 saturated heterocycles. The normalized spacial score (nSPS) is 11.8. The number of rotatable bonds is 3. The predicted molar refractivity (Wildman–Crippen MR) is 60.9 cm³/mol. The number of terminal acetylenes is 1. The summed E-state index contributed by atoms with van der Waals surface area (Å²) in [7, 11) is 0. The van der Waals surface area contributed by atoms with E-state index < -0.39 is 6.10 Å². The first kappa shape index (κ1) is 11.4. The van der Waals surface area contributed by atoms with Crippen molar-refractivity contribution in [3.05, 3.63) is 24.0 Å². The monoisotopic (exact) mass is 249 g/mol. The van der Waals surface area contributed by atoms with Gasteiger partial charge in [-0.25, -0.2) is 4.98 Å². The Morgan fingerprint density at radius 3 is 2.94 bits per heavy atom. The van der Waals surface area contributed by atoms with Crippen LogP contribution in [0.15, 0.2) is 18.7 Å². The van der Waals surface area contributed by atoms with Gasteiger partial charge in [0.2, 0.25) is 11.2 Å². The molecule has 2 aromatic heterocycles. The fraction of sp³-hybridized carbons (Fsp3) is 0.200. The molecule has 1 unspecified atom stereocenters. The van der Waals surface area contributed by atoms with E-state index in [2.05, 4.69) is 25.9 Å². The highest BCUT2D eigenvalue weighted by molar-refractivity contribution is 6.28. The quantitative estimate of drug-likeness (QED) is 0.763. The molecule has 86 valence electrons. The fourth-order valence-electron chi connectivity index (χ4n) is 1.06. The second kappa shape index (κ2) is 4.80. The summed E-state index contributed by atoms with van der Waals surface area (Å²) in [5.74, 6) is 2.72. The molecule has 0 saturated carbocycles. The summed E-state index contributed by atoms with van der Waals surface area (Å²) in [6, 6.07) is 0.0825. The third-order valence-electron chi connectivity index (χ3n) is 1.83. The van der Waals surface area contributed by atoms with Crippen molar-refractivity contribution in [2.45, 2.75) is 13.0 Å². The lowest BCUT2D eigenvalue weighted by Gasteiger charge is -2.08. The molecule has 0 amide bonds. The zero-order valence-corrected chi connectivity index (χ0v) is 9.66. The summed E-state index contributed by atoms with van der Waals surface area (Å²) in [6.45, 7) is 1.70. The largest absolute Gasteiger partial charge is 0.447 e. The van der Waals surface area contributed by atoms with Crippen LogP contribution >= 0.6 is 11.6 Å². The highest BCUT2D eigenvalue weighted by atomic mass is 35.5. The number of nitrogens with zero attached hydrogens (tertiary/aromatic N) is 5. The van der Waals surface area contributed by atoms with Crippen LogP contribution in [0.1, 0.15) is 6.92 Å². The molecule has 0 radical (unpaired) electrons. The molecular formula is C10H8ClN5O. The number of halogens is 1. The van der Waals surface area contributed by atoms with Gasteiger partial charge in [-0.2, -0.15) is 15.0 Å². The summed E-state index contributed by atoms with van der Waals surface area (Å²) in [5, 5.41) is 0.0305. The average molecular weight is 250 g/mol. The van der Waals surface area contributed by atoms with Crippen molar-refractivity contribution in [2.75, 3.05) is 0 Å². The minimum Gasteiger partial charge on any atom is -0.447 e. The average Bonchev–Trinajstić information content (AvgIpc) is 2.81. The van der Waals surface area contributed by atoms with Gasteiger partial charge in [-0.05, 0) is 18.5 Å². The molecule has 2 aromatic rings. The van der Waals surface area contributed by atoms with Gasteiger partial charge < -0.3 is 4.74 Å². The minimum absolute atomic E-state index is 0.0305. The molecule has 2 rings (SSSR count). The summed E-state index contributed by atoms with van der Waals surface area (Å²) >= 11 is 5.77. The molecule has 6 nitrogen and oxygen atoms in total. The van der Waals surface area contributed by atoms with Crippen LogP contribution in [-0.2, 0) is 0 Å². The Labute approximate surface area is 103 Å². The van der Waals surface area contributed by atoms with E-state index in [-0.39, 0.29) is 11.3 Å². The third-order valence-corrected chi connectivity index (χ3v) is 2.00. The molecule has 17 heavy (non-hydrogen) atoms. The third kappa shape index (κ3) is 2.71. The van der Waals surface area contributed by atoms with E-state index in [0.717, 1.165) is 0 Å². The molecule has 0 aromatic carbocycles. The van der Waals surface area contributed by atoms with Crippen molar-refractivity contribution in [3.63, 3.8) is 0 Å². The summed E-state index contributed by atoms with van der Waals surface area (Å²) in [4.78, 5) is 15.7. The van der Waals surface area contributed by atoms with Crippen molar-refractivity contribution in [1.82, 2.24) is 24.5 Å². The lowest BCUT2D eigenvalue weighted by atomic mass is 10.4. The van der Waals surface area contributed by atoms with Crippen molar-refractivity contribution >= 4 is 11.6 Å². The topological polar surface area (TPSA) is 65.7 Å². The Balaban J connectivity index is 2.34. The zero-order valence-electron chi connectivity index (χ0n) is 8.91. The molecule has 7 heteroatoms. The molecule has 1 atom stereocenters. The van der Waals surface area contributed by atoms with Crippen molar-refractivity contribution in [1.29, 1.82) is 0 Å². The number of imidazole rings is 1. The minimum atomic E-state index is -0.441. The van der Waals surface area contributed by atoms with Crippen LogP contribution in [-0.4, -0.2) is 30.6 Å². The second-order valence-corrected chi connectivity index (χ2v) is 3.42. The van der Waals surface area contributed by atoms with Gasteiger partial charge in [0, 0.05) is 12.4 Å². The maximum absolute atomic E-state index is 5.77. The smallest absolute Gasteiger partial charge is 0.323 e. The Hall–Kier alpha value is -2.13. The van der Waals surface area contributed by atoms with Gasteiger partial charge in [0.1, 0.15) is 6.33 Å². The first-order valence-electron chi connectivity index (χ1n) is 4.71. The molecular weight excluding hydrogens is 242 g/mol. The van der Waals surface area contributed by atoms with Crippen LogP contribution in [0.4, 0.5) is 0 Å². The number of hydrogen-bond donors (Lipinski definition) is 0. The number of aromatic nitrogens is 5. The van der Waals surface area contributed by atoms with Crippen LogP contribution in [0.2, 0.25) is 5.28 Å². The maximum Gasteiger partial charge on any atom is 0.323 e. The first-order chi connectivity index (χ1) is 8.19. The molecule has 0 N–H and O–H groups in total. The molecule has 0 aliphatic carbocycles. The van der Waals surface area contributed by atoms with Crippen LogP contribution < -0.4 is 4.74 Å². The van der Waals surface area contributed by atoms with E-state index in [4.69, 9.17) is 22.8 Å². The summed E-state index contributed by atoms with van der Waals surface area (Å²) in [6.07, 6.45) is 9.58. The van der Waals surface area contributed by atoms with E-state index in [0.29, 0.717) is 5.95 Å². The van der Waals surface area contributed by atoms with E-state index in [1.165, 1.54) is 0 Å². The second-order valence-electron chi connectivity index (χ2n) is 3.08. The van der Waals surface area contributed by atoms with Gasteiger partial charge >= 0.3 is 6.01 Å². The van der Waals surface area contributed by atoms with E-state index >= 15 is 0 Å². The Morgan fingerprint density at radius 1 is 1.47 bits per heavy atom. The van der Waals surface area contributed by atoms with Crippen LogP contribution in [0, 0.1) is 12.3 Å². The SMILES string of the molecule is C#CC(C)Oc1nc(Cl)nc(-n2ccnc2)n1. The van der Waals surface area contributed by atoms with Gasteiger partial charge in [-0.15, -0.1) is 6.42 Å². The molecule has 2 heterocycles. The fourth-order valence-corrected chi connectivity index (χ4v) is 1.21. The predicted octanol–water partition coefficient (Wildman–Crippen LogP) is 1.11. The molecule has 0 fully saturated rings. The summed E-state index contributed by atoms with van der Waals surface area (Å²) < 4.78 is 6.85. The lowest BCUT2D eigenvalue weighted by molar-refractivity contribution is 0.255. The Kier molecular flexibility index (Phi) is 3.21. The van der Waals surface area contributed by atoms with Crippen molar-refractivity contribution < 1.29 is 4.74 Å². The molecule has 0 bridgehead atoms. The molecule has 0 aliphatic heterocycles. The van der Waals surface area contributed by atoms with Crippen LogP contribution in [0.5, 0.6) is 6.01 Å². The molecule has 0 aliphatic rings. The van der Waals surface area contributed by atoms with Gasteiger partial charge in [-0.1, -0.05) is 5.92 Å². The highest BCUT2D eigenvalue weighted by Gasteiger charge is 2.09. The maximum atomic E-state index is 5.77. The Morgan fingerprint density at radius 2 is 2.29 bits per heavy atom. The lowest BCUT2D eigenvalue weighted by Crippen LogP contribution is -2.12. The number of hydrogen-bond acceptors (Lipinski definition) is 5. The van der Waals surface area contributed by atoms with Gasteiger partial charge in [-0.3, -0.25) is 4.57 Å². The van der Waals surface area contributed by atoms with Gasteiger partial charge in [0.25, 0.3) is 0 Å². The van der Waals surface area contributed by atoms with Crippen LogP contribution in [0.3, 0.4) is 0 Å².